The van der Waals surface area contributed by atoms with Crippen LogP contribution in [0.1, 0.15) is 18.6 Å². The molecule has 2 aromatic carbocycles. The third-order valence-corrected chi connectivity index (χ3v) is 5.82. The molecule has 0 N–H and O–H groups in total. The van der Waals surface area contributed by atoms with E-state index < -0.39 is 7.75 Å². The molecule has 0 radical (unpaired) electrons. The first-order valence-electron chi connectivity index (χ1n) is 6.91. The molecule has 3 rings (SSSR count). The molecule has 1 aliphatic rings. The number of benzene rings is 2. The minimum atomic E-state index is -3.33. The molecule has 0 amide bonds. The topological polar surface area (TPSA) is 38.8 Å². The summed E-state index contributed by atoms with van der Waals surface area (Å²) in [5.41, 5.74) is 1.01. The molecule has 21 heavy (non-hydrogen) atoms. The first kappa shape index (κ1) is 14.3. The van der Waals surface area contributed by atoms with Gasteiger partial charge in [0.15, 0.2) is 0 Å². The van der Waals surface area contributed by atoms with E-state index >= 15 is 0 Å². The number of likely N-dealkylation sites (N-methyl/N-ethyl adjacent to an activating group) is 1. The summed E-state index contributed by atoms with van der Waals surface area (Å²) in [5.74, 6) is 0.550. The molecule has 5 heteroatoms. The van der Waals surface area contributed by atoms with Gasteiger partial charge in [-0.1, -0.05) is 48.5 Å². The van der Waals surface area contributed by atoms with Gasteiger partial charge in [0, 0.05) is 6.04 Å². The van der Waals surface area contributed by atoms with Gasteiger partial charge in [-0.2, -0.15) is 4.67 Å². The van der Waals surface area contributed by atoms with Crippen molar-refractivity contribution in [2.75, 3.05) is 7.05 Å². The molecular formula is C16H18NO3P. The van der Waals surface area contributed by atoms with E-state index in [9.17, 15) is 4.57 Å². The number of rotatable bonds is 3. The first-order valence-corrected chi connectivity index (χ1v) is 8.41. The summed E-state index contributed by atoms with van der Waals surface area (Å²) in [4.78, 5) is 0. The van der Waals surface area contributed by atoms with Gasteiger partial charge in [-0.3, -0.25) is 4.52 Å². The normalized spacial score (nSPS) is 29.4. The Morgan fingerprint density at radius 2 is 1.62 bits per heavy atom. The van der Waals surface area contributed by atoms with Gasteiger partial charge in [-0.05, 0) is 31.7 Å². The minimum absolute atomic E-state index is 0.0260. The molecule has 2 aromatic rings. The van der Waals surface area contributed by atoms with Crippen molar-refractivity contribution in [1.82, 2.24) is 4.67 Å². The maximum absolute atomic E-state index is 13.0. The predicted octanol–water partition coefficient (Wildman–Crippen LogP) is 4.27. The van der Waals surface area contributed by atoms with Crippen LogP contribution in [0.25, 0.3) is 0 Å². The van der Waals surface area contributed by atoms with Crippen LogP contribution in [0.15, 0.2) is 60.7 Å². The fraction of sp³-hybridized carbons (Fsp3) is 0.250. The summed E-state index contributed by atoms with van der Waals surface area (Å²) in [6.45, 7) is 1.99. The van der Waals surface area contributed by atoms with Crippen molar-refractivity contribution in [1.29, 1.82) is 0 Å². The van der Waals surface area contributed by atoms with Crippen molar-refractivity contribution in [2.45, 2.75) is 19.1 Å². The predicted molar refractivity (Wildman–Crippen MR) is 82.2 cm³/mol. The lowest BCUT2D eigenvalue weighted by Crippen LogP contribution is -2.24. The van der Waals surface area contributed by atoms with Crippen LogP contribution >= 0.6 is 7.75 Å². The zero-order valence-corrected chi connectivity index (χ0v) is 12.9. The van der Waals surface area contributed by atoms with Gasteiger partial charge in [0.05, 0.1) is 0 Å². The highest BCUT2D eigenvalue weighted by Crippen LogP contribution is 2.62. The van der Waals surface area contributed by atoms with Crippen LogP contribution in [-0.2, 0) is 9.09 Å². The Hall–Kier alpha value is -1.61. The molecule has 1 heterocycles. The molecule has 1 fully saturated rings. The molecule has 110 valence electrons. The van der Waals surface area contributed by atoms with Crippen LogP contribution in [0.2, 0.25) is 0 Å². The Balaban J connectivity index is 1.86. The largest absolute Gasteiger partial charge is 0.462 e. The van der Waals surface area contributed by atoms with E-state index in [4.69, 9.17) is 9.05 Å². The zero-order chi connectivity index (χ0) is 14.9. The third kappa shape index (κ3) is 2.75. The van der Waals surface area contributed by atoms with Gasteiger partial charge < -0.3 is 4.52 Å². The molecule has 3 unspecified atom stereocenters. The van der Waals surface area contributed by atoms with Gasteiger partial charge in [0.1, 0.15) is 11.9 Å². The summed E-state index contributed by atoms with van der Waals surface area (Å²) in [5, 5.41) is 0. The van der Waals surface area contributed by atoms with Crippen molar-refractivity contribution in [3.8, 4) is 5.75 Å². The first-order chi connectivity index (χ1) is 10.1. The Morgan fingerprint density at radius 3 is 2.24 bits per heavy atom. The summed E-state index contributed by atoms with van der Waals surface area (Å²) in [6, 6.07) is 18.9. The third-order valence-electron chi connectivity index (χ3n) is 3.75. The maximum atomic E-state index is 13.0. The van der Waals surface area contributed by atoms with Crippen molar-refractivity contribution in [2.24, 2.45) is 0 Å². The van der Waals surface area contributed by atoms with Gasteiger partial charge >= 0.3 is 7.75 Å². The SMILES string of the molecule is CC1C(c2ccccc2)OP(=O)(Oc2ccccc2)N1C. The fourth-order valence-corrected chi connectivity index (χ4v) is 4.27. The van der Waals surface area contributed by atoms with E-state index in [0.717, 1.165) is 5.56 Å². The lowest BCUT2D eigenvalue weighted by molar-refractivity contribution is 0.197. The van der Waals surface area contributed by atoms with Crippen molar-refractivity contribution >= 4 is 7.75 Å². The lowest BCUT2D eigenvalue weighted by Gasteiger charge is -2.20. The number of para-hydroxylation sites is 1. The van der Waals surface area contributed by atoms with Gasteiger partial charge in [-0.15, -0.1) is 0 Å². The average Bonchev–Trinajstić information content (AvgIpc) is 2.74. The summed E-state index contributed by atoms with van der Waals surface area (Å²) in [7, 11) is -1.55. The fourth-order valence-electron chi connectivity index (χ4n) is 2.41. The zero-order valence-electron chi connectivity index (χ0n) is 12.0. The maximum Gasteiger partial charge on any atom is 0.462 e. The van der Waals surface area contributed by atoms with Gasteiger partial charge in [0.2, 0.25) is 0 Å². The molecule has 1 aliphatic heterocycles. The highest BCUT2D eigenvalue weighted by atomic mass is 31.2. The Labute approximate surface area is 124 Å². The highest BCUT2D eigenvalue weighted by Gasteiger charge is 2.49. The van der Waals surface area contributed by atoms with E-state index in [1.165, 1.54) is 0 Å². The standard InChI is InChI=1S/C16H18NO3P/c1-13-16(14-9-5-3-6-10-14)20-21(18,17(13)2)19-15-11-7-4-8-12-15/h3-13,16H,1-2H3. The van der Waals surface area contributed by atoms with Gasteiger partial charge in [-0.25, -0.2) is 4.57 Å². The van der Waals surface area contributed by atoms with E-state index in [-0.39, 0.29) is 12.1 Å². The average molecular weight is 303 g/mol. The molecular weight excluding hydrogens is 285 g/mol. The van der Waals surface area contributed by atoms with Gasteiger partial charge in [0.25, 0.3) is 0 Å². The molecule has 4 nitrogen and oxygen atoms in total. The Bertz CT molecular complexity index is 647. The van der Waals surface area contributed by atoms with E-state index in [1.807, 2.05) is 55.5 Å². The second-order valence-electron chi connectivity index (χ2n) is 5.12. The van der Waals surface area contributed by atoms with Crippen LogP contribution < -0.4 is 4.52 Å². The molecule has 0 aromatic heterocycles. The van der Waals surface area contributed by atoms with Crippen molar-refractivity contribution in [3.05, 3.63) is 66.2 Å². The smallest absolute Gasteiger partial charge is 0.413 e. The number of hydrogen-bond acceptors (Lipinski definition) is 3. The van der Waals surface area contributed by atoms with Crippen LogP contribution in [0.5, 0.6) is 5.75 Å². The molecule has 0 spiro atoms. The minimum Gasteiger partial charge on any atom is -0.413 e. The molecule has 0 saturated carbocycles. The lowest BCUT2D eigenvalue weighted by atomic mass is 10.0. The van der Waals surface area contributed by atoms with E-state index in [1.54, 1.807) is 23.9 Å². The summed E-state index contributed by atoms with van der Waals surface area (Å²) in [6.07, 6.45) is -0.259. The van der Waals surface area contributed by atoms with Crippen LogP contribution in [0, 0.1) is 0 Å². The van der Waals surface area contributed by atoms with E-state index in [2.05, 4.69) is 0 Å². The van der Waals surface area contributed by atoms with Crippen molar-refractivity contribution < 1.29 is 13.6 Å². The molecule has 0 aliphatic carbocycles. The number of hydrogen-bond donors (Lipinski definition) is 0. The van der Waals surface area contributed by atoms with E-state index in [0.29, 0.717) is 5.75 Å². The molecule has 0 bridgehead atoms. The van der Waals surface area contributed by atoms with Crippen molar-refractivity contribution in [3.63, 3.8) is 0 Å². The number of nitrogens with zero attached hydrogens (tertiary/aromatic N) is 1. The monoisotopic (exact) mass is 303 g/mol. The summed E-state index contributed by atoms with van der Waals surface area (Å²) < 4.78 is 26.2. The summed E-state index contributed by atoms with van der Waals surface area (Å²) >= 11 is 0. The highest BCUT2D eigenvalue weighted by molar-refractivity contribution is 7.52. The second kappa shape index (κ2) is 5.64. The van der Waals surface area contributed by atoms with Crippen LogP contribution in [-0.4, -0.2) is 17.8 Å². The quantitative estimate of drug-likeness (QED) is 0.794. The molecule has 1 saturated heterocycles. The van der Waals surface area contributed by atoms with Crippen LogP contribution in [0.4, 0.5) is 0 Å². The Morgan fingerprint density at radius 1 is 1.05 bits per heavy atom. The Kier molecular flexibility index (Phi) is 3.85. The van der Waals surface area contributed by atoms with Crippen LogP contribution in [0.3, 0.4) is 0 Å². The second-order valence-corrected chi connectivity index (χ2v) is 7.09. The molecule has 3 atom stereocenters.